The molecule has 0 aromatic rings. The maximum atomic E-state index is 10.8. The van der Waals surface area contributed by atoms with Crippen molar-refractivity contribution in [3.8, 4) is 0 Å². The minimum Gasteiger partial charge on any atom is -0.343 e. The van der Waals surface area contributed by atoms with Gasteiger partial charge in [-0.15, -0.1) is 0 Å². The standard InChI is InChI=1S/C8H15NO/c1-6-4-5-8(6)9(3)7(2)10/h6,8H,4-5H2,1-3H3. The predicted molar refractivity (Wildman–Crippen MR) is 40.6 cm³/mol. The van der Waals surface area contributed by atoms with Gasteiger partial charge < -0.3 is 4.90 Å². The Bertz CT molecular complexity index is 144. The summed E-state index contributed by atoms with van der Waals surface area (Å²) in [7, 11) is 1.89. The van der Waals surface area contributed by atoms with Gasteiger partial charge in [-0.2, -0.15) is 0 Å². The van der Waals surface area contributed by atoms with Crippen molar-refractivity contribution in [3.05, 3.63) is 0 Å². The van der Waals surface area contributed by atoms with Gasteiger partial charge in [-0.3, -0.25) is 4.79 Å². The molecule has 2 nitrogen and oxygen atoms in total. The van der Waals surface area contributed by atoms with E-state index in [-0.39, 0.29) is 5.91 Å². The zero-order valence-corrected chi connectivity index (χ0v) is 6.92. The zero-order chi connectivity index (χ0) is 7.72. The van der Waals surface area contributed by atoms with Gasteiger partial charge in [0.15, 0.2) is 0 Å². The summed E-state index contributed by atoms with van der Waals surface area (Å²) in [6.07, 6.45) is 2.47. The first kappa shape index (κ1) is 7.58. The molecule has 0 N–H and O–H groups in total. The van der Waals surface area contributed by atoms with Crippen molar-refractivity contribution >= 4 is 5.91 Å². The Balaban J connectivity index is 2.41. The number of rotatable bonds is 1. The van der Waals surface area contributed by atoms with Gasteiger partial charge in [0.05, 0.1) is 0 Å². The SMILES string of the molecule is CC(=O)N(C)C1CCC1C. The van der Waals surface area contributed by atoms with Gasteiger partial charge in [0, 0.05) is 20.0 Å². The number of hydrogen-bond donors (Lipinski definition) is 0. The number of amides is 1. The highest BCUT2D eigenvalue weighted by atomic mass is 16.2. The summed E-state index contributed by atoms with van der Waals surface area (Å²) in [6, 6.07) is 0.525. The molecule has 1 fully saturated rings. The number of nitrogens with zero attached hydrogens (tertiary/aromatic N) is 1. The fraction of sp³-hybridized carbons (Fsp3) is 0.875. The van der Waals surface area contributed by atoms with Crippen LogP contribution in [0.3, 0.4) is 0 Å². The van der Waals surface area contributed by atoms with Crippen LogP contribution in [0.5, 0.6) is 0 Å². The monoisotopic (exact) mass is 141 g/mol. The van der Waals surface area contributed by atoms with E-state index in [1.165, 1.54) is 12.8 Å². The largest absolute Gasteiger partial charge is 0.343 e. The molecular formula is C8H15NO. The van der Waals surface area contributed by atoms with Crippen LogP contribution in [0.15, 0.2) is 0 Å². The van der Waals surface area contributed by atoms with Crippen LogP contribution in [0.25, 0.3) is 0 Å². The molecule has 0 radical (unpaired) electrons. The van der Waals surface area contributed by atoms with E-state index in [1.807, 2.05) is 11.9 Å². The molecule has 0 aliphatic heterocycles. The van der Waals surface area contributed by atoms with Crippen LogP contribution in [0, 0.1) is 5.92 Å². The average molecular weight is 141 g/mol. The first-order chi connectivity index (χ1) is 4.63. The lowest BCUT2D eigenvalue weighted by Crippen LogP contribution is -2.45. The second-order valence-electron chi connectivity index (χ2n) is 3.25. The van der Waals surface area contributed by atoms with Crippen LogP contribution in [0.1, 0.15) is 26.7 Å². The van der Waals surface area contributed by atoms with Crippen molar-refractivity contribution in [3.63, 3.8) is 0 Å². The molecule has 1 aliphatic rings. The molecule has 0 bridgehead atoms. The number of carbonyl (C=O) groups excluding carboxylic acids is 1. The summed E-state index contributed by atoms with van der Waals surface area (Å²) in [4.78, 5) is 12.7. The molecule has 1 aliphatic carbocycles. The third-order valence-corrected chi connectivity index (χ3v) is 2.57. The third kappa shape index (κ3) is 1.15. The van der Waals surface area contributed by atoms with E-state index in [0.717, 1.165) is 0 Å². The molecule has 0 heterocycles. The highest BCUT2D eigenvalue weighted by Crippen LogP contribution is 2.30. The van der Waals surface area contributed by atoms with Crippen molar-refractivity contribution in [1.29, 1.82) is 0 Å². The summed E-state index contributed by atoms with van der Waals surface area (Å²) < 4.78 is 0. The quantitative estimate of drug-likeness (QED) is 0.538. The Labute approximate surface area is 62.2 Å². The van der Waals surface area contributed by atoms with E-state index in [0.29, 0.717) is 12.0 Å². The van der Waals surface area contributed by atoms with Gasteiger partial charge in [0.25, 0.3) is 0 Å². The number of carbonyl (C=O) groups is 1. The van der Waals surface area contributed by atoms with E-state index < -0.39 is 0 Å². The Morgan fingerprint density at radius 2 is 2.10 bits per heavy atom. The molecular weight excluding hydrogens is 126 g/mol. The lowest BCUT2D eigenvalue weighted by atomic mass is 9.80. The lowest BCUT2D eigenvalue weighted by Gasteiger charge is -2.40. The van der Waals surface area contributed by atoms with Gasteiger partial charge in [-0.1, -0.05) is 6.92 Å². The fourth-order valence-electron chi connectivity index (χ4n) is 1.46. The van der Waals surface area contributed by atoms with Crippen LogP contribution in [-0.2, 0) is 4.79 Å². The first-order valence-corrected chi connectivity index (χ1v) is 3.86. The van der Waals surface area contributed by atoms with Gasteiger partial charge >= 0.3 is 0 Å². The molecule has 1 rings (SSSR count). The van der Waals surface area contributed by atoms with Crippen molar-refractivity contribution < 1.29 is 4.79 Å². The molecule has 0 aromatic heterocycles. The van der Waals surface area contributed by atoms with Gasteiger partial charge in [-0.25, -0.2) is 0 Å². The van der Waals surface area contributed by atoms with Crippen LogP contribution < -0.4 is 0 Å². The van der Waals surface area contributed by atoms with E-state index in [9.17, 15) is 4.79 Å². The smallest absolute Gasteiger partial charge is 0.219 e. The van der Waals surface area contributed by atoms with Crippen molar-refractivity contribution in [2.45, 2.75) is 32.7 Å². The summed E-state index contributed by atoms with van der Waals surface area (Å²) in [5.74, 6) is 0.908. The minimum atomic E-state index is 0.191. The van der Waals surface area contributed by atoms with Gasteiger partial charge in [-0.05, 0) is 18.8 Å². The van der Waals surface area contributed by atoms with Crippen molar-refractivity contribution in [2.75, 3.05) is 7.05 Å². The zero-order valence-electron chi connectivity index (χ0n) is 6.92. The molecule has 58 valence electrons. The second kappa shape index (κ2) is 2.60. The maximum Gasteiger partial charge on any atom is 0.219 e. The van der Waals surface area contributed by atoms with Crippen LogP contribution in [0.4, 0.5) is 0 Å². The minimum absolute atomic E-state index is 0.191. The van der Waals surface area contributed by atoms with Crippen LogP contribution >= 0.6 is 0 Å². The topological polar surface area (TPSA) is 20.3 Å². The van der Waals surface area contributed by atoms with Crippen LogP contribution in [0.2, 0.25) is 0 Å². The molecule has 10 heavy (non-hydrogen) atoms. The molecule has 1 saturated carbocycles. The second-order valence-corrected chi connectivity index (χ2v) is 3.25. The Hall–Kier alpha value is -0.530. The summed E-state index contributed by atoms with van der Waals surface area (Å²) >= 11 is 0. The van der Waals surface area contributed by atoms with Gasteiger partial charge in [0.1, 0.15) is 0 Å². The highest BCUT2D eigenvalue weighted by molar-refractivity contribution is 5.73. The van der Waals surface area contributed by atoms with Crippen molar-refractivity contribution in [2.24, 2.45) is 5.92 Å². The average Bonchev–Trinajstić information content (AvgIpc) is 1.84. The maximum absolute atomic E-state index is 10.8. The van der Waals surface area contributed by atoms with E-state index >= 15 is 0 Å². The molecule has 2 unspecified atom stereocenters. The third-order valence-electron chi connectivity index (χ3n) is 2.57. The molecule has 0 spiro atoms. The Morgan fingerprint density at radius 1 is 1.50 bits per heavy atom. The van der Waals surface area contributed by atoms with E-state index in [1.54, 1.807) is 6.92 Å². The van der Waals surface area contributed by atoms with Crippen molar-refractivity contribution in [1.82, 2.24) is 4.90 Å². The molecule has 2 heteroatoms. The summed E-state index contributed by atoms with van der Waals surface area (Å²) in [6.45, 7) is 3.83. The lowest BCUT2D eigenvalue weighted by molar-refractivity contribution is -0.132. The molecule has 0 aromatic carbocycles. The molecule has 1 amide bonds. The summed E-state index contributed by atoms with van der Waals surface area (Å²) in [5, 5.41) is 0. The van der Waals surface area contributed by atoms with Crippen LogP contribution in [-0.4, -0.2) is 23.9 Å². The number of hydrogen-bond acceptors (Lipinski definition) is 1. The van der Waals surface area contributed by atoms with E-state index in [2.05, 4.69) is 6.92 Å². The normalized spacial score (nSPS) is 31.1. The Morgan fingerprint density at radius 3 is 2.20 bits per heavy atom. The fourth-order valence-corrected chi connectivity index (χ4v) is 1.46. The highest BCUT2D eigenvalue weighted by Gasteiger charge is 2.31. The van der Waals surface area contributed by atoms with Gasteiger partial charge in [0.2, 0.25) is 5.91 Å². The Kier molecular flexibility index (Phi) is 1.97. The summed E-state index contributed by atoms with van der Waals surface area (Å²) in [5.41, 5.74) is 0. The first-order valence-electron chi connectivity index (χ1n) is 3.86. The molecule has 2 atom stereocenters. The molecule has 0 saturated heterocycles. The predicted octanol–water partition coefficient (Wildman–Crippen LogP) is 1.26. The van der Waals surface area contributed by atoms with E-state index in [4.69, 9.17) is 0 Å².